The van der Waals surface area contributed by atoms with Crippen LogP contribution in [0.15, 0.2) is 16.9 Å². The van der Waals surface area contributed by atoms with Gasteiger partial charge in [-0.15, -0.1) is 0 Å². The van der Waals surface area contributed by atoms with Crippen molar-refractivity contribution in [2.75, 3.05) is 7.05 Å². The van der Waals surface area contributed by atoms with Crippen molar-refractivity contribution in [3.63, 3.8) is 0 Å². The summed E-state index contributed by atoms with van der Waals surface area (Å²) in [5.41, 5.74) is 2.91. The summed E-state index contributed by atoms with van der Waals surface area (Å²) in [6.45, 7) is 9.16. The topological polar surface area (TPSA) is 56.0 Å². The molecule has 0 spiro atoms. The molecule has 0 saturated carbocycles. The molecule has 120 valence electrons. The monoisotopic (exact) mass is 367 g/mol. The van der Waals surface area contributed by atoms with E-state index in [2.05, 4.69) is 26.1 Å². The fourth-order valence-corrected chi connectivity index (χ4v) is 2.59. The van der Waals surface area contributed by atoms with Gasteiger partial charge in [0.05, 0.1) is 15.9 Å². The summed E-state index contributed by atoms with van der Waals surface area (Å²) in [6.07, 6.45) is 3.84. The van der Waals surface area contributed by atoms with Gasteiger partial charge in [-0.05, 0) is 43.6 Å². The number of nitrogens with zero attached hydrogens (tertiary/aromatic N) is 5. The van der Waals surface area contributed by atoms with Crippen LogP contribution in [0.3, 0.4) is 0 Å². The first-order chi connectivity index (χ1) is 10.3. The minimum absolute atomic E-state index is 0.0265. The number of carbonyl (C=O) groups is 1. The largest absolute Gasteiger partial charge is 0.339 e. The van der Waals surface area contributed by atoms with Crippen molar-refractivity contribution in [2.24, 2.45) is 0 Å². The van der Waals surface area contributed by atoms with E-state index in [9.17, 15) is 4.79 Å². The van der Waals surface area contributed by atoms with Crippen LogP contribution >= 0.6 is 15.9 Å². The van der Waals surface area contributed by atoms with E-state index in [-0.39, 0.29) is 11.9 Å². The highest BCUT2D eigenvalue weighted by Crippen LogP contribution is 2.18. The zero-order valence-corrected chi connectivity index (χ0v) is 15.3. The van der Waals surface area contributed by atoms with Crippen LogP contribution < -0.4 is 0 Å². The SMILES string of the molecule is CCn1cc(CN(C)C(=O)C(C)n2cc(Br)c(C)n2)c(C)n1. The molecule has 2 aromatic heterocycles. The van der Waals surface area contributed by atoms with E-state index in [4.69, 9.17) is 0 Å². The number of aromatic nitrogens is 4. The molecule has 6 nitrogen and oxygen atoms in total. The molecule has 1 amide bonds. The Balaban J connectivity index is 2.09. The molecule has 0 aliphatic carbocycles. The van der Waals surface area contributed by atoms with Crippen molar-refractivity contribution >= 4 is 21.8 Å². The average Bonchev–Trinajstić information content (AvgIpc) is 3.01. The lowest BCUT2D eigenvalue weighted by Gasteiger charge is -2.21. The average molecular weight is 368 g/mol. The first kappa shape index (κ1) is 16.7. The van der Waals surface area contributed by atoms with Gasteiger partial charge in [0.15, 0.2) is 0 Å². The van der Waals surface area contributed by atoms with Crippen molar-refractivity contribution in [2.45, 2.75) is 46.8 Å². The molecule has 22 heavy (non-hydrogen) atoms. The van der Waals surface area contributed by atoms with E-state index in [1.54, 1.807) is 9.58 Å². The molecule has 7 heteroatoms. The van der Waals surface area contributed by atoms with Gasteiger partial charge in [0.25, 0.3) is 0 Å². The van der Waals surface area contributed by atoms with Crippen molar-refractivity contribution in [1.82, 2.24) is 24.5 Å². The number of halogens is 1. The molecule has 0 saturated heterocycles. The molecule has 0 aromatic carbocycles. The smallest absolute Gasteiger partial charge is 0.247 e. The van der Waals surface area contributed by atoms with E-state index in [0.717, 1.165) is 28.0 Å². The maximum absolute atomic E-state index is 12.6. The van der Waals surface area contributed by atoms with Gasteiger partial charge in [-0.25, -0.2) is 0 Å². The van der Waals surface area contributed by atoms with Crippen LogP contribution in [0.5, 0.6) is 0 Å². The molecule has 0 aliphatic rings. The van der Waals surface area contributed by atoms with Gasteiger partial charge in [0, 0.05) is 38.1 Å². The molecular weight excluding hydrogens is 346 g/mol. The Kier molecular flexibility index (Phi) is 5.05. The maximum atomic E-state index is 12.6. The Hall–Kier alpha value is -1.63. The summed E-state index contributed by atoms with van der Waals surface area (Å²) in [6, 6.07) is -0.337. The molecule has 1 unspecified atom stereocenters. The third-order valence-corrected chi connectivity index (χ3v) is 4.55. The Bertz CT molecular complexity index is 656. The van der Waals surface area contributed by atoms with E-state index in [1.165, 1.54) is 0 Å². The fourth-order valence-electron chi connectivity index (χ4n) is 2.30. The van der Waals surface area contributed by atoms with Gasteiger partial charge in [-0.2, -0.15) is 10.2 Å². The molecule has 1 atom stereocenters. The lowest BCUT2D eigenvalue weighted by Crippen LogP contribution is -2.33. The van der Waals surface area contributed by atoms with Gasteiger partial charge >= 0.3 is 0 Å². The van der Waals surface area contributed by atoms with Crippen LogP contribution in [-0.2, 0) is 17.9 Å². The number of carbonyl (C=O) groups excluding carboxylic acids is 1. The zero-order valence-electron chi connectivity index (χ0n) is 13.7. The fraction of sp³-hybridized carbons (Fsp3) is 0.533. The summed E-state index contributed by atoms with van der Waals surface area (Å²) in [5, 5.41) is 8.78. The van der Waals surface area contributed by atoms with Crippen molar-refractivity contribution < 1.29 is 4.79 Å². The highest BCUT2D eigenvalue weighted by molar-refractivity contribution is 9.10. The molecule has 2 heterocycles. The Morgan fingerprint density at radius 1 is 1.32 bits per heavy atom. The number of likely N-dealkylation sites (N-methyl/N-ethyl adjacent to an activating group) is 1. The normalized spacial score (nSPS) is 12.5. The molecular formula is C15H22BrN5O. The number of hydrogen-bond acceptors (Lipinski definition) is 3. The van der Waals surface area contributed by atoms with E-state index < -0.39 is 0 Å². The molecule has 0 bridgehead atoms. The predicted molar refractivity (Wildman–Crippen MR) is 88.5 cm³/mol. The van der Waals surface area contributed by atoms with Crippen LogP contribution in [0, 0.1) is 13.8 Å². The van der Waals surface area contributed by atoms with Crippen LogP contribution in [-0.4, -0.2) is 37.4 Å². The summed E-state index contributed by atoms with van der Waals surface area (Å²) in [7, 11) is 1.81. The van der Waals surface area contributed by atoms with Gasteiger partial charge in [-0.3, -0.25) is 14.2 Å². The molecule has 0 fully saturated rings. The maximum Gasteiger partial charge on any atom is 0.247 e. The van der Waals surface area contributed by atoms with Crippen LogP contribution in [0.25, 0.3) is 0 Å². The predicted octanol–water partition coefficient (Wildman–Crippen LogP) is 2.70. The molecule has 2 aromatic rings. The molecule has 2 rings (SSSR count). The summed E-state index contributed by atoms with van der Waals surface area (Å²) in [4.78, 5) is 14.3. The highest BCUT2D eigenvalue weighted by Gasteiger charge is 2.21. The minimum Gasteiger partial charge on any atom is -0.339 e. The van der Waals surface area contributed by atoms with Crippen molar-refractivity contribution in [3.05, 3.63) is 33.8 Å². The second kappa shape index (κ2) is 6.64. The highest BCUT2D eigenvalue weighted by atomic mass is 79.9. The third kappa shape index (κ3) is 3.40. The lowest BCUT2D eigenvalue weighted by atomic mass is 10.2. The van der Waals surface area contributed by atoms with Gasteiger partial charge in [-0.1, -0.05) is 0 Å². The minimum atomic E-state index is -0.337. The van der Waals surface area contributed by atoms with E-state index >= 15 is 0 Å². The van der Waals surface area contributed by atoms with Gasteiger partial charge in [0.1, 0.15) is 6.04 Å². The van der Waals surface area contributed by atoms with Crippen molar-refractivity contribution in [1.29, 1.82) is 0 Å². The van der Waals surface area contributed by atoms with Gasteiger partial charge < -0.3 is 4.90 Å². The second-order valence-electron chi connectivity index (χ2n) is 5.51. The van der Waals surface area contributed by atoms with Crippen LogP contribution in [0.1, 0.15) is 36.8 Å². The Morgan fingerprint density at radius 3 is 2.50 bits per heavy atom. The van der Waals surface area contributed by atoms with E-state index in [1.807, 2.05) is 51.8 Å². The summed E-state index contributed by atoms with van der Waals surface area (Å²) in [5.74, 6) is 0.0265. The number of rotatable bonds is 5. The summed E-state index contributed by atoms with van der Waals surface area (Å²) >= 11 is 3.43. The Morgan fingerprint density at radius 2 is 2.00 bits per heavy atom. The lowest BCUT2D eigenvalue weighted by molar-refractivity contribution is -0.133. The first-order valence-electron chi connectivity index (χ1n) is 7.32. The quantitative estimate of drug-likeness (QED) is 0.816. The zero-order chi connectivity index (χ0) is 16.4. The number of aryl methyl sites for hydroxylation is 3. The molecule has 0 radical (unpaired) electrons. The van der Waals surface area contributed by atoms with Crippen molar-refractivity contribution in [3.8, 4) is 0 Å². The molecule has 0 N–H and O–H groups in total. The Labute approximate surface area is 139 Å². The standard InChI is InChI=1S/C15H22BrN5O/c1-6-20-8-13(10(2)17-20)7-19(5)15(22)12(4)21-9-14(16)11(3)18-21/h8-9,12H,6-7H2,1-5H3. The molecule has 0 aliphatic heterocycles. The van der Waals surface area contributed by atoms with Crippen LogP contribution in [0.2, 0.25) is 0 Å². The second-order valence-corrected chi connectivity index (χ2v) is 6.36. The number of hydrogen-bond donors (Lipinski definition) is 0. The summed E-state index contributed by atoms with van der Waals surface area (Å²) < 4.78 is 4.50. The van der Waals surface area contributed by atoms with Crippen LogP contribution in [0.4, 0.5) is 0 Å². The van der Waals surface area contributed by atoms with Gasteiger partial charge in [0.2, 0.25) is 5.91 Å². The number of amides is 1. The third-order valence-electron chi connectivity index (χ3n) is 3.77. The first-order valence-corrected chi connectivity index (χ1v) is 8.12. The van der Waals surface area contributed by atoms with E-state index in [0.29, 0.717) is 6.54 Å².